The second kappa shape index (κ2) is 5.52. The Bertz CT molecular complexity index is 361. The molecule has 0 saturated heterocycles. The Morgan fingerprint density at radius 1 is 1.35 bits per heavy atom. The van der Waals surface area contributed by atoms with Gasteiger partial charge in [-0.05, 0) is 52.6 Å². The molecule has 17 heavy (non-hydrogen) atoms. The molecule has 0 amide bonds. The van der Waals surface area contributed by atoms with Crippen molar-refractivity contribution in [3.05, 3.63) is 29.8 Å². The lowest BCUT2D eigenvalue weighted by atomic mass is 10.0. The number of hydrogen-bond acceptors (Lipinski definition) is 3. The van der Waals surface area contributed by atoms with Crippen LogP contribution in [-0.4, -0.2) is 36.2 Å². The highest BCUT2D eigenvalue weighted by atomic mass is 16.3. The van der Waals surface area contributed by atoms with E-state index in [0.29, 0.717) is 5.75 Å². The van der Waals surface area contributed by atoms with Gasteiger partial charge in [-0.1, -0.05) is 12.1 Å². The Morgan fingerprint density at radius 2 is 2.00 bits per heavy atom. The van der Waals surface area contributed by atoms with Crippen LogP contribution in [0.5, 0.6) is 5.75 Å². The Hall–Kier alpha value is -1.06. The first-order valence-corrected chi connectivity index (χ1v) is 6.02. The molecule has 0 saturated carbocycles. The van der Waals surface area contributed by atoms with Crippen molar-refractivity contribution >= 4 is 0 Å². The molecule has 1 rings (SSSR count). The Labute approximate surface area is 104 Å². The van der Waals surface area contributed by atoms with E-state index in [1.54, 1.807) is 12.1 Å². The summed E-state index contributed by atoms with van der Waals surface area (Å²) in [6, 6.07) is 7.64. The standard InChI is InChI=1S/C14H24N2O/c1-11(12-7-6-8-13(17)9-12)15-10-14(2,3)16(4)5/h6-9,11,15,17H,10H2,1-5H3. The summed E-state index contributed by atoms with van der Waals surface area (Å²) < 4.78 is 0. The highest BCUT2D eigenvalue weighted by molar-refractivity contribution is 5.29. The van der Waals surface area contributed by atoms with Crippen LogP contribution in [0.4, 0.5) is 0 Å². The Morgan fingerprint density at radius 3 is 2.53 bits per heavy atom. The van der Waals surface area contributed by atoms with Crippen molar-refractivity contribution in [3.8, 4) is 5.75 Å². The lowest BCUT2D eigenvalue weighted by Crippen LogP contribution is -2.47. The van der Waals surface area contributed by atoms with E-state index in [1.165, 1.54) is 0 Å². The molecular weight excluding hydrogens is 212 g/mol. The molecule has 0 bridgehead atoms. The van der Waals surface area contributed by atoms with Gasteiger partial charge < -0.3 is 15.3 Å². The summed E-state index contributed by atoms with van der Waals surface area (Å²) in [5, 5.41) is 12.9. The molecule has 0 radical (unpaired) electrons. The second-order valence-corrected chi connectivity index (χ2v) is 5.40. The third-order valence-corrected chi connectivity index (χ3v) is 3.42. The van der Waals surface area contributed by atoms with Gasteiger partial charge in [0, 0.05) is 18.1 Å². The quantitative estimate of drug-likeness (QED) is 0.824. The molecule has 1 atom stereocenters. The number of rotatable bonds is 5. The van der Waals surface area contributed by atoms with E-state index in [2.05, 4.69) is 45.1 Å². The molecule has 0 fully saturated rings. The molecule has 1 aromatic rings. The molecule has 0 aliphatic rings. The summed E-state index contributed by atoms with van der Waals surface area (Å²) >= 11 is 0. The van der Waals surface area contributed by atoms with Crippen molar-refractivity contribution in [1.82, 2.24) is 10.2 Å². The predicted molar refractivity (Wildman–Crippen MR) is 72.3 cm³/mol. The minimum Gasteiger partial charge on any atom is -0.508 e. The largest absolute Gasteiger partial charge is 0.508 e. The van der Waals surface area contributed by atoms with Crippen LogP contribution < -0.4 is 5.32 Å². The van der Waals surface area contributed by atoms with Gasteiger partial charge >= 0.3 is 0 Å². The molecule has 0 aliphatic carbocycles. The smallest absolute Gasteiger partial charge is 0.115 e. The lowest BCUT2D eigenvalue weighted by molar-refractivity contribution is 0.185. The van der Waals surface area contributed by atoms with Gasteiger partial charge in [0.05, 0.1) is 0 Å². The van der Waals surface area contributed by atoms with Crippen LogP contribution in [0.25, 0.3) is 0 Å². The van der Waals surface area contributed by atoms with Crippen LogP contribution in [0.15, 0.2) is 24.3 Å². The minimum absolute atomic E-state index is 0.116. The fourth-order valence-electron chi connectivity index (χ4n) is 1.47. The van der Waals surface area contributed by atoms with Gasteiger partial charge in [0.1, 0.15) is 5.75 Å². The number of benzene rings is 1. The summed E-state index contributed by atoms with van der Waals surface area (Å²) in [5.41, 5.74) is 1.23. The molecule has 3 heteroatoms. The summed E-state index contributed by atoms with van der Waals surface area (Å²) in [5.74, 6) is 0.322. The van der Waals surface area contributed by atoms with Crippen LogP contribution >= 0.6 is 0 Å². The molecule has 0 aromatic heterocycles. The van der Waals surface area contributed by atoms with E-state index in [4.69, 9.17) is 0 Å². The molecular formula is C14H24N2O. The van der Waals surface area contributed by atoms with Crippen molar-refractivity contribution in [2.45, 2.75) is 32.4 Å². The van der Waals surface area contributed by atoms with Gasteiger partial charge in [0.25, 0.3) is 0 Å². The van der Waals surface area contributed by atoms with Gasteiger partial charge in [-0.25, -0.2) is 0 Å². The Kier molecular flexibility index (Phi) is 4.54. The molecule has 1 unspecified atom stereocenters. The predicted octanol–water partition coefficient (Wildman–Crippen LogP) is 2.38. The fourth-order valence-corrected chi connectivity index (χ4v) is 1.47. The first-order valence-electron chi connectivity index (χ1n) is 6.02. The van der Waals surface area contributed by atoms with Crippen molar-refractivity contribution in [3.63, 3.8) is 0 Å². The van der Waals surface area contributed by atoms with Crippen molar-refractivity contribution in [2.75, 3.05) is 20.6 Å². The summed E-state index contributed by atoms with van der Waals surface area (Å²) in [7, 11) is 4.17. The van der Waals surface area contributed by atoms with E-state index < -0.39 is 0 Å². The topological polar surface area (TPSA) is 35.5 Å². The molecule has 0 aliphatic heterocycles. The molecule has 3 nitrogen and oxygen atoms in total. The number of aromatic hydroxyl groups is 1. The lowest BCUT2D eigenvalue weighted by Gasteiger charge is -2.34. The van der Waals surface area contributed by atoms with Crippen LogP contribution in [0.1, 0.15) is 32.4 Å². The monoisotopic (exact) mass is 236 g/mol. The molecule has 1 aromatic carbocycles. The van der Waals surface area contributed by atoms with E-state index in [-0.39, 0.29) is 11.6 Å². The van der Waals surface area contributed by atoms with Crippen molar-refractivity contribution in [2.24, 2.45) is 0 Å². The number of phenolic OH excluding ortho intramolecular Hbond substituents is 1. The molecule has 0 heterocycles. The first-order chi connectivity index (χ1) is 7.83. The molecule has 96 valence electrons. The summed E-state index contributed by atoms with van der Waals surface area (Å²) in [6.45, 7) is 7.42. The number of phenols is 1. The average molecular weight is 236 g/mol. The van der Waals surface area contributed by atoms with Gasteiger partial charge in [-0.3, -0.25) is 0 Å². The number of nitrogens with zero attached hydrogens (tertiary/aromatic N) is 1. The highest BCUT2D eigenvalue weighted by Crippen LogP contribution is 2.18. The van der Waals surface area contributed by atoms with Crippen LogP contribution in [-0.2, 0) is 0 Å². The summed E-state index contributed by atoms with van der Waals surface area (Å²) in [4.78, 5) is 2.20. The van der Waals surface area contributed by atoms with Gasteiger partial charge in [-0.2, -0.15) is 0 Å². The SMILES string of the molecule is CC(NCC(C)(C)N(C)C)c1cccc(O)c1. The van der Waals surface area contributed by atoms with Crippen LogP contribution in [0, 0.1) is 0 Å². The maximum absolute atomic E-state index is 9.44. The zero-order valence-electron chi connectivity index (χ0n) is 11.5. The minimum atomic E-state index is 0.116. The van der Waals surface area contributed by atoms with Gasteiger partial charge in [0.2, 0.25) is 0 Å². The fraction of sp³-hybridized carbons (Fsp3) is 0.571. The second-order valence-electron chi connectivity index (χ2n) is 5.40. The highest BCUT2D eigenvalue weighted by Gasteiger charge is 2.20. The first kappa shape index (κ1) is 14.0. The van der Waals surface area contributed by atoms with E-state index >= 15 is 0 Å². The van der Waals surface area contributed by atoms with Crippen LogP contribution in [0.3, 0.4) is 0 Å². The maximum Gasteiger partial charge on any atom is 0.115 e. The number of hydrogen-bond donors (Lipinski definition) is 2. The zero-order chi connectivity index (χ0) is 13.1. The van der Waals surface area contributed by atoms with Gasteiger partial charge in [0.15, 0.2) is 0 Å². The Balaban J connectivity index is 2.59. The number of likely N-dealkylation sites (N-methyl/N-ethyl adjacent to an activating group) is 1. The zero-order valence-corrected chi connectivity index (χ0v) is 11.5. The van der Waals surface area contributed by atoms with E-state index in [9.17, 15) is 5.11 Å². The third-order valence-electron chi connectivity index (χ3n) is 3.42. The summed E-state index contributed by atoms with van der Waals surface area (Å²) in [6.07, 6.45) is 0. The molecule has 0 spiro atoms. The van der Waals surface area contributed by atoms with Crippen molar-refractivity contribution < 1.29 is 5.11 Å². The number of nitrogens with one attached hydrogen (secondary N) is 1. The van der Waals surface area contributed by atoms with E-state index in [0.717, 1.165) is 12.1 Å². The van der Waals surface area contributed by atoms with Crippen LogP contribution in [0.2, 0.25) is 0 Å². The maximum atomic E-state index is 9.44. The normalized spacial score (nSPS) is 14.0. The van der Waals surface area contributed by atoms with Crippen molar-refractivity contribution in [1.29, 1.82) is 0 Å². The third kappa shape index (κ3) is 4.02. The molecule has 2 N–H and O–H groups in total. The average Bonchev–Trinajstić information content (AvgIpc) is 2.25. The van der Waals surface area contributed by atoms with Gasteiger partial charge in [-0.15, -0.1) is 0 Å². The van der Waals surface area contributed by atoms with E-state index in [1.807, 2.05) is 12.1 Å².